The highest BCUT2D eigenvalue weighted by Gasteiger charge is 2.56. The molecule has 2 fully saturated rings. The normalized spacial score (nSPS) is 36.0. The van der Waals surface area contributed by atoms with Gasteiger partial charge in [-0.3, -0.25) is 9.36 Å². The molecule has 3 aliphatic rings. The highest BCUT2D eigenvalue weighted by Crippen LogP contribution is 2.44. The van der Waals surface area contributed by atoms with E-state index in [1.807, 2.05) is 27.7 Å². The number of carbonyl (C=O) groups excluding carboxylic acids is 1. The Morgan fingerprint density at radius 2 is 1.96 bits per heavy atom. The van der Waals surface area contributed by atoms with Crippen molar-refractivity contribution < 1.29 is 24.1 Å². The monoisotopic (exact) mass is 338 g/mol. The van der Waals surface area contributed by atoms with Gasteiger partial charge >= 0.3 is 0 Å². The summed E-state index contributed by atoms with van der Waals surface area (Å²) in [5.74, 6) is -0.431. The molecule has 4 heterocycles. The van der Waals surface area contributed by atoms with Crippen LogP contribution < -0.4 is 10.6 Å². The zero-order valence-corrected chi connectivity index (χ0v) is 14.1. The van der Waals surface area contributed by atoms with Crippen molar-refractivity contribution in [3.05, 3.63) is 12.0 Å². The summed E-state index contributed by atoms with van der Waals surface area (Å²) in [5, 5.41) is 15.7. The molecule has 3 N–H and O–H groups in total. The number of fused-ring (bicyclic) bond motifs is 2. The summed E-state index contributed by atoms with van der Waals surface area (Å²) in [4.78, 5) is 16.4. The highest BCUT2D eigenvalue weighted by atomic mass is 16.8. The van der Waals surface area contributed by atoms with Gasteiger partial charge in [0.25, 0.3) is 5.91 Å². The minimum Gasteiger partial charge on any atom is -0.394 e. The molecule has 0 aliphatic carbocycles. The number of aliphatic hydroxyl groups is 1. The van der Waals surface area contributed by atoms with Crippen LogP contribution in [0.4, 0.5) is 5.82 Å². The number of nitrogens with one attached hydrogen (secondary N) is 2. The first-order valence-corrected chi connectivity index (χ1v) is 8.00. The molecule has 0 saturated carbocycles. The third-order valence-corrected chi connectivity index (χ3v) is 4.45. The number of ether oxygens (including phenoxy) is 3. The number of anilines is 1. The van der Waals surface area contributed by atoms with Gasteiger partial charge in [-0.05, 0) is 27.7 Å². The smallest absolute Gasteiger partial charge is 0.275 e. The lowest BCUT2D eigenvalue weighted by Gasteiger charge is -2.34. The van der Waals surface area contributed by atoms with E-state index in [2.05, 4.69) is 15.6 Å². The molecule has 1 aromatic rings. The predicted molar refractivity (Wildman–Crippen MR) is 82.2 cm³/mol. The number of hydrogen-bond acceptors (Lipinski definition) is 7. The van der Waals surface area contributed by atoms with Crippen LogP contribution in [0.15, 0.2) is 6.33 Å². The van der Waals surface area contributed by atoms with Crippen molar-refractivity contribution in [2.45, 2.75) is 63.7 Å². The van der Waals surface area contributed by atoms with Gasteiger partial charge in [0.15, 0.2) is 17.7 Å². The Morgan fingerprint density at radius 1 is 1.25 bits per heavy atom. The zero-order chi connectivity index (χ0) is 17.3. The Morgan fingerprint density at radius 3 is 2.67 bits per heavy atom. The second-order valence-corrected chi connectivity index (χ2v) is 7.37. The average molecular weight is 338 g/mol. The van der Waals surface area contributed by atoms with Gasteiger partial charge in [-0.25, -0.2) is 4.98 Å². The lowest BCUT2D eigenvalue weighted by Crippen LogP contribution is -2.53. The maximum Gasteiger partial charge on any atom is 0.275 e. The fourth-order valence-corrected chi connectivity index (χ4v) is 3.54. The number of hydrogen-bond donors (Lipinski definition) is 3. The van der Waals surface area contributed by atoms with Crippen molar-refractivity contribution in [3.63, 3.8) is 0 Å². The summed E-state index contributed by atoms with van der Waals surface area (Å²) in [7, 11) is 0. The fourth-order valence-electron chi connectivity index (χ4n) is 3.54. The minimum atomic E-state index is -0.754. The SMILES string of the molecule is CC1(C)NC(=O)c2ncn(C3OC(CO)C4OC(C)(C)OC43)c2N1. The molecule has 0 aromatic carbocycles. The summed E-state index contributed by atoms with van der Waals surface area (Å²) >= 11 is 0. The quantitative estimate of drug-likeness (QED) is 0.706. The number of carbonyl (C=O) groups is 1. The molecular weight excluding hydrogens is 316 g/mol. The van der Waals surface area contributed by atoms with Crippen molar-refractivity contribution in [2.75, 3.05) is 11.9 Å². The van der Waals surface area contributed by atoms with Crippen LogP contribution >= 0.6 is 0 Å². The summed E-state index contributed by atoms with van der Waals surface area (Å²) in [5.41, 5.74) is -0.303. The molecule has 4 atom stereocenters. The van der Waals surface area contributed by atoms with E-state index in [0.717, 1.165) is 0 Å². The third-order valence-electron chi connectivity index (χ3n) is 4.45. The van der Waals surface area contributed by atoms with Crippen LogP contribution in [0.1, 0.15) is 44.4 Å². The van der Waals surface area contributed by atoms with Gasteiger partial charge in [0.2, 0.25) is 0 Å². The number of nitrogens with zero attached hydrogens (tertiary/aromatic N) is 2. The van der Waals surface area contributed by atoms with E-state index in [1.54, 1.807) is 10.9 Å². The Hall–Kier alpha value is -1.68. The molecule has 9 heteroatoms. The summed E-state index contributed by atoms with van der Waals surface area (Å²) in [6.07, 6.45) is -0.261. The molecule has 1 amide bonds. The van der Waals surface area contributed by atoms with Gasteiger partial charge in [0.1, 0.15) is 29.8 Å². The first kappa shape index (κ1) is 15.8. The molecule has 3 aliphatic heterocycles. The van der Waals surface area contributed by atoms with Crippen LogP contribution in [-0.4, -0.2) is 56.9 Å². The lowest BCUT2D eigenvalue weighted by molar-refractivity contribution is -0.199. The summed E-state index contributed by atoms with van der Waals surface area (Å²) in [6.45, 7) is 7.20. The fraction of sp³-hybridized carbons (Fsp3) is 0.733. The van der Waals surface area contributed by atoms with Gasteiger partial charge in [0.05, 0.1) is 12.9 Å². The van der Waals surface area contributed by atoms with Crippen molar-refractivity contribution in [1.82, 2.24) is 14.9 Å². The maximum absolute atomic E-state index is 12.2. The molecule has 0 bridgehead atoms. The number of rotatable bonds is 2. The number of amides is 1. The Kier molecular flexibility index (Phi) is 3.24. The molecule has 0 spiro atoms. The second kappa shape index (κ2) is 4.92. The molecule has 4 rings (SSSR count). The van der Waals surface area contributed by atoms with Crippen LogP contribution in [0.5, 0.6) is 0 Å². The van der Waals surface area contributed by atoms with E-state index in [0.29, 0.717) is 11.5 Å². The van der Waals surface area contributed by atoms with Crippen LogP contribution in [0.3, 0.4) is 0 Å². The van der Waals surface area contributed by atoms with Crippen LogP contribution in [0, 0.1) is 0 Å². The molecule has 132 valence electrons. The molecular formula is C15H22N4O5. The van der Waals surface area contributed by atoms with Gasteiger partial charge in [-0.15, -0.1) is 0 Å². The number of aliphatic hydroxyl groups excluding tert-OH is 1. The first-order chi connectivity index (χ1) is 11.2. The van der Waals surface area contributed by atoms with Crippen molar-refractivity contribution in [3.8, 4) is 0 Å². The molecule has 0 radical (unpaired) electrons. The second-order valence-electron chi connectivity index (χ2n) is 7.37. The lowest BCUT2D eigenvalue weighted by atomic mass is 10.1. The first-order valence-electron chi connectivity index (χ1n) is 8.00. The van der Waals surface area contributed by atoms with E-state index in [-0.39, 0.29) is 18.6 Å². The minimum absolute atomic E-state index is 0.173. The Balaban J connectivity index is 1.71. The summed E-state index contributed by atoms with van der Waals surface area (Å²) in [6, 6.07) is 0. The Labute approximate surface area is 139 Å². The van der Waals surface area contributed by atoms with Crippen molar-refractivity contribution in [2.24, 2.45) is 0 Å². The zero-order valence-electron chi connectivity index (χ0n) is 14.1. The van der Waals surface area contributed by atoms with Gasteiger partial charge in [-0.2, -0.15) is 0 Å². The average Bonchev–Trinajstić information content (AvgIpc) is 3.08. The topological polar surface area (TPSA) is 107 Å². The molecule has 4 unspecified atom stereocenters. The van der Waals surface area contributed by atoms with E-state index in [4.69, 9.17) is 14.2 Å². The highest BCUT2D eigenvalue weighted by molar-refractivity contribution is 5.99. The van der Waals surface area contributed by atoms with Crippen LogP contribution in [0.2, 0.25) is 0 Å². The van der Waals surface area contributed by atoms with Crippen LogP contribution in [0.25, 0.3) is 0 Å². The van der Waals surface area contributed by atoms with Gasteiger partial charge in [-0.1, -0.05) is 0 Å². The summed E-state index contributed by atoms with van der Waals surface area (Å²) < 4.78 is 19.5. The number of imidazole rings is 1. The predicted octanol–water partition coefficient (Wildman–Crippen LogP) is 0.184. The van der Waals surface area contributed by atoms with Crippen LogP contribution in [-0.2, 0) is 14.2 Å². The van der Waals surface area contributed by atoms with E-state index >= 15 is 0 Å². The third kappa shape index (κ3) is 2.31. The van der Waals surface area contributed by atoms with Crippen molar-refractivity contribution >= 4 is 11.7 Å². The van der Waals surface area contributed by atoms with Crippen molar-refractivity contribution in [1.29, 1.82) is 0 Å². The van der Waals surface area contributed by atoms with Gasteiger partial charge in [0, 0.05) is 0 Å². The van der Waals surface area contributed by atoms with E-state index in [1.165, 1.54) is 0 Å². The molecule has 9 nitrogen and oxygen atoms in total. The molecule has 2 saturated heterocycles. The Bertz CT molecular complexity index is 685. The standard InChI is InChI=1S/C15H22N4O5/c1-14(2)17-11-8(12(21)18-14)16-6-19(11)13-10-9(7(5-20)22-13)23-15(3,4)24-10/h6-7,9-10,13,17,20H,5H2,1-4H3,(H,18,21). The number of aromatic nitrogens is 2. The van der Waals surface area contributed by atoms with Gasteiger partial charge < -0.3 is 30.0 Å². The molecule has 1 aromatic heterocycles. The molecule has 24 heavy (non-hydrogen) atoms. The van der Waals surface area contributed by atoms with E-state index < -0.39 is 29.9 Å². The van der Waals surface area contributed by atoms with E-state index in [9.17, 15) is 9.90 Å². The largest absolute Gasteiger partial charge is 0.394 e. The maximum atomic E-state index is 12.2.